The van der Waals surface area contributed by atoms with Crippen LogP contribution in [0.4, 0.5) is 0 Å². The van der Waals surface area contributed by atoms with E-state index in [9.17, 15) is 8.42 Å². The predicted molar refractivity (Wildman–Crippen MR) is 68.2 cm³/mol. The standard InChI is InChI=1S/C8H11ClN2O2S2.ClH/c9-7-1-2-8(14-7)15(12,13)11-6-3-4-10-5-6;/h1-2,6,10-11H,3-5H2;1H. The van der Waals surface area contributed by atoms with E-state index in [0.717, 1.165) is 24.3 Å². The van der Waals surface area contributed by atoms with Crippen LogP contribution >= 0.6 is 35.3 Å². The highest BCUT2D eigenvalue weighted by Crippen LogP contribution is 2.25. The summed E-state index contributed by atoms with van der Waals surface area (Å²) in [7, 11) is -3.38. The summed E-state index contributed by atoms with van der Waals surface area (Å²) >= 11 is 6.77. The van der Waals surface area contributed by atoms with E-state index in [-0.39, 0.29) is 22.7 Å². The minimum absolute atomic E-state index is 0. The molecule has 0 amide bonds. The van der Waals surface area contributed by atoms with Crippen LogP contribution in [-0.2, 0) is 10.0 Å². The average Bonchev–Trinajstić information content (AvgIpc) is 2.75. The maximum atomic E-state index is 11.8. The molecule has 0 aromatic carbocycles. The van der Waals surface area contributed by atoms with Gasteiger partial charge in [0.15, 0.2) is 0 Å². The number of rotatable bonds is 3. The van der Waals surface area contributed by atoms with Gasteiger partial charge in [-0.3, -0.25) is 0 Å². The number of sulfonamides is 1. The van der Waals surface area contributed by atoms with Crippen LogP contribution in [0.15, 0.2) is 16.3 Å². The van der Waals surface area contributed by atoms with Gasteiger partial charge >= 0.3 is 0 Å². The first-order valence-electron chi connectivity index (χ1n) is 4.56. The fourth-order valence-electron chi connectivity index (χ4n) is 1.47. The highest BCUT2D eigenvalue weighted by Gasteiger charge is 2.23. The van der Waals surface area contributed by atoms with Crippen LogP contribution in [0.2, 0.25) is 4.34 Å². The molecule has 16 heavy (non-hydrogen) atoms. The van der Waals surface area contributed by atoms with Crippen molar-refractivity contribution >= 4 is 45.4 Å². The van der Waals surface area contributed by atoms with Gasteiger partial charge in [-0.05, 0) is 25.1 Å². The molecule has 92 valence electrons. The monoisotopic (exact) mass is 302 g/mol. The second-order valence-electron chi connectivity index (χ2n) is 3.37. The van der Waals surface area contributed by atoms with Gasteiger partial charge in [0.2, 0.25) is 10.0 Å². The molecule has 2 N–H and O–H groups in total. The van der Waals surface area contributed by atoms with Crippen molar-refractivity contribution in [1.82, 2.24) is 10.0 Å². The first-order chi connectivity index (χ1) is 7.08. The summed E-state index contributed by atoms with van der Waals surface area (Å²) in [5, 5.41) is 3.10. The van der Waals surface area contributed by atoms with Crippen LogP contribution in [0.25, 0.3) is 0 Å². The average molecular weight is 303 g/mol. The van der Waals surface area contributed by atoms with E-state index in [1.807, 2.05) is 0 Å². The molecule has 0 bridgehead atoms. The lowest BCUT2D eigenvalue weighted by atomic mass is 10.3. The molecule has 2 heterocycles. The van der Waals surface area contributed by atoms with Gasteiger partial charge in [0.1, 0.15) is 4.21 Å². The minimum atomic E-state index is -3.38. The normalized spacial score (nSPS) is 20.7. The summed E-state index contributed by atoms with van der Waals surface area (Å²) in [5.41, 5.74) is 0. The molecule has 1 unspecified atom stereocenters. The lowest BCUT2D eigenvalue weighted by molar-refractivity contribution is 0.562. The van der Waals surface area contributed by atoms with Crippen molar-refractivity contribution in [3.8, 4) is 0 Å². The van der Waals surface area contributed by atoms with Gasteiger partial charge in [0.05, 0.1) is 4.34 Å². The molecule has 2 rings (SSSR count). The van der Waals surface area contributed by atoms with Gasteiger partial charge in [-0.1, -0.05) is 11.6 Å². The lowest BCUT2D eigenvalue weighted by Crippen LogP contribution is -2.35. The third-order valence-electron chi connectivity index (χ3n) is 2.20. The van der Waals surface area contributed by atoms with Crippen LogP contribution in [0.3, 0.4) is 0 Å². The molecule has 1 aliphatic heterocycles. The van der Waals surface area contributed by atoms with Crippen molar-refractivity contribution in [2.45, 2.75) is 16.7 Å². The maximum Gasteiger partial charge on any atom is 0.250 e. The number of hydrogen-bond acceptors (Lipinski definition) is 4. The Morgan fingerprint density at radius 1 is 1.50 bits per heavy atom. The summed E-state index contributed by atoms with van der Waals surface area (Å²) in [6.45, 7) is 1.55. The fraction of sp³-hybridized carbons (Fsp3) is 0.500. The van der Waals surface area contributed by atoms with Gasteiger partial charge in [-0.15, -0.1) is 23.7 Å². The quantitative estimate of drug-likeness (QED) is 0.889. The van der Waals surface area contributed by atoms with Gasteiger partial charge in [0.25, 0.3) is 0 Å². The maximum absolute atomic E-state index is 11.8. The Morgan fingerprint density at radius 2 is 2.25 bits per heavy atom. The zero-order valence-corrected chi connectivity index (χ0v) is 11.5. The van der Waals surface area contributed by atoms with Crippen molar-refractivity contribution in [3.63, 3.8) is 0 Å². The molecular weight excluding hydrogens is 291 g/mol. The lowest BCUT2D eigenvalue weighted by Gasteiger charge is -2.09. The Balaban J connectivity index is 0.00000128. The molecule has 1 saturated heterocycles. The van der Waals surface area contributed by atoms with Crippen LogP contribution in [0.1, 0.15) is 6.42 Å². The molecule has 1 aliphatic rings. The summed E-state index contributed by atoms with van der Waals surface area (Å²) in [6, 6.07) is 3.11. The van der Waals surface area contributed by atoms with Crippen LogP contribution in [0.5, 0.6) is 0 Å². The molecule has 1 aromatic heterocycles. The molecule has 8 heteroatoms. The predicted octanol–water partition coefficient (Wildman–Crippen LogP) is 1.46. The topological polar surface area (TPSA) is 58.2 Å². The number of halogens is 2. The highest BCUT2D eigenvalue weighted by atomic mass is 35.5. The van der Waals surface area contributed by atoms with E-state index in [2.05, 4.69) is 10.0 Å². The van der Waals surface area contributed by atoms with Crippen molar-refractivity contribution in [1.29, 1.82) is 0 Å². The fourth-order valence-corrected chi connectivity index (χ4v) is 4.24. The smallest absolute Gasteiger partial charge is 0.250 e. The zero-order chi connectivity index (χ0) is 10.9. The number of nitrogens with one attached hydrogen (secondary N) is 2. The Labute approximate surface area is 110 Å². The summed E-state index contributed by atoms with van der Waals surface area (Å²) in [6.07, 6.45) is 0.832. The van der Waals surface area contributed by atoms with Gasteiger partial charge in [0, 0.05) is 12.6 Å². The first-order valence-corrected chi connectivity index (χ1v) is 7.24. The van der Waals surface area contributed by atoms with Crippen molar-refractivity contribution < 1.29 is 8.42 Å². The molecule has 1 atom stereocenters. The molecule has 0 saturated carbocycles. The van der Waals surface area contributed by atoms with E-state index >= 15 is 0 Å². The van der Waals surface area contributed by atoms with Crippen LogP contribution in [-0.4, -0.2) is 27.5 Å². The second kappa shape index (κ2) is 5.66. The molecule has 4 nitrogen and oxygen atoms in total. The Hall–Kier alpha value is 0.150. The summed E-state index contributed by atoms with van der Waals surface area (Å²) < 4.78 is 27.0. The third-order valence-corrected chi connectivity index (χ3v) is 5.44. The highest BCUT2D eigenvalue weighted by molar-refractivity contribution is 7.91. The van der Waals surface area contributed by atoms with Crippen molar-refractivity contribution in [2.75, 3.05) is 13.1 Å². The first kappa shape index (κ1) is 14.2. The van der Waals surface area contributed by atoms with Crippen LogP contribution < -0.4 is 10.0 Å². The number of hydrogen-bond donors (Lipinski definition) is 2. The third kappa shape index (κ3) is 3.32. The Bertz CT molecular complexity index is 441. The molecule has 1 aromatic rings. The molecule has 0 radical (unpaired) electrons. The number of thiophene rings is 1. The Kier molecular flexibility index (Phi) is 5.03. The molecule has 0 spiro atoms. The summed E-state index contributed by atoms with van der Waals surface area (Å²) in [5.74, 6) is 0. The van der Waals surface area contributed by atoms with Gasteiger partial charge < -0.3 is 5.32 Å². The minimum Gasteiger partial charge on any atom is -0.315 e. The second-order valence-corrected chi connectivity index (χ2v) is 7.03. The van der Waals surface area contributed by atoms with Gasteiger partial charge in [-0.25, -0.2) is 13.1 Å². The SMILES string of the molecule is Cl.O=S(=O)(NC1CCNC1)c1ccc(Cl)s1. The van der Waals surface area contributed by atoms with Crippen LogP contribution in [0, 0.1) is 0 Å². The van der Waals surface area contributed by atoms with E-state index < -0.39 is 10.0 Å². The van der Waals surface area contributed by atoms with Crippen molar-refractivity contribution in [3.05, 3.63) is 16.5 Å². The largest absolute Gasteiger partial charge is 0.315 e. The molecular formula is C8H12Cl2N2O2S2. The van der Waals surface area contributed by atoms with Gasteiger partial charge in [-0.2, -0.15) is 0 Å². The van der Waals surface area contributed by atoms with E-state index in [0.29, 0.717) is 10.9 Å². The molecule has 1 fully saturated rings. The van der Waals surface area contributed by atoms with E-state index in [1.54, 1.807) is 6.07 Å². The summed E-state index contributed by atoms with van der Waals surface area (Å²) in [4.78, 5) is 0. The zero-order valence-electron chi connectivity index (χ0n) is 8.27. The van der Waals surface area contributed by atoms with E-state index in [4.69, 9.17) is 11.6 Å². The molecule has 0 aliphatic carbocycles. The van der Waals surface area contributed by atoms with E-state index in [1.165, 1.54) is 6.07 Å². The van der Waals surface area contributed by atoms with Crippen molar-refractivity contribution in [2.24, 2.45) is 0 Å². The Morgan fingerprint density at radius 3 is 2.75 bits per heavy atom.